The Labute approximate surface area is 126 Å². The van der Waals surface area contributed by atoms with Crippen molar-refractivity contribution in [2.45, 2.75) is 0 Å². The highest BCUT2D eigenvalue weighted by Gasteiger charge is 2.29. The topological polar surface area (TPSA) is 63.7 Å². The predicted octanol–water partition coefficient (Wildman–Crippen LogP) is 2.68. The van der Waals surface area contributed by atoms with Crippen molar-refractivity contribution in [2.75, 3.05) is 11.4 Å². The smallest absolute Gasteiger partial charge is 0.353 e. The number of ether oxygens (including phenoxy) is 1. The zero-order chi connectivity index (χ0) is 15.0. The van der Waals surface area contributed by atoms with Gasteiger partial charge in [0.2, 0.25) is 0 Å². The number of carbonyl (C=O) groups is 1. The van der Waals surface area contributed by atoms with E-state index in [1.807, 2.05) is 0 Å². The molecule has 1 aromatic heterocycles. The minimum atomic E-state index is -3.64. The Bertz CT molecular complexity index is 822. The third-order valence-electron chi connectivity index (χ3n) is 3.07. The molecule has 0 unspecified atom stereocenters. The summed E-state index contributed by atoms with van der Waals surface area (Å²) in [6, 6.07) is 10.2. The number of rotatable bonds is 2. The van der Waals surface area contributed by atoms with E-state index in [-0.39, 0.29) is 5.76 Å². The van der Waals surface area contributed by atoms with Crippen LogP contribution in [0, 0.1) is 0 Å². The van der Waals surface area contributed by atoms with Gasteiger partial charge in [-0.15, -0.1) is 11.3 Å². The Morgan fingerprint density at radius 1 is 1.19 bits per heavy atom. The molecule has 108 valence electrons. The third kappa shape index (κ3) is 2.45. The molecule has 21 heavy (non-hydrogen) atoms. The van der Waals surface area contributed by atoms with Crippen molar-refractivity contribution in [3.63, 3.8) is 0 Å². The minimum absolute atomic E-state index is 0.0436. The highest BCUT2D eigenvalue weighted by molar-refractivity contribution is 7.95. The second kappa shape index (κ2) is 5.01. The van der Waals surface area contributed by atoms with E-state index in [9.17, 15) is 13.2 Å². The highest BCUT2D eigenvalue weighted by atomic mass is 32.2. The summed E-state index contributed by atoms with van der Waals surface area (Å²) in [5.41, 5.74) is 1.05. The molecule has 1 aromatic carbocycles. The van der Waals surface area contributed by atoms with Gasteiger partial charge in [-0.1, -0.05) is 18.2 Å². The summed E-state index contributed by atoms with van der Waals surface area (Å²) < 4.78 is 30.6. The number of anilines is 1. The first-order valence-corrected chi connectivity index (χ1v) is 8.43. The van der Waals surface area contributed by atoms with Gasteiger partial charge in [0.25, 0.3) is 10.0 Å². The van der Waals surface area contributed by atoms with Gasteiger partial charge in [0.15, 0.2) is 5.76 Å². The summed E-state index contributed by atoms with van der Waals surface area (Å²) in [4.78, 5) is 12.4. The molecule has 0 bridgehead atoms. The zero-order valence-electron chi connectivity index (χ0n) is 11.0. The normalized spacial score (nSPS) is 16.0. The first-order chi connectivity index (χ1) is 9.99. The minimum Gasteiger partial charge on any atom is -0.421 e. The van der Waals surface area contributed by atoms with Crippen molar-refractivity contribution in [3.8, 4) is 0 Å². The monoisotopic (exact) mass is 321 g/mol. The lowest BCUT2D eigenvalue weighted by Crippen LogP contribution is -2.29. The van der Waals surface area contributed by atoms with E-state index in [2.05, 4.69) is 0 Å². The van der Waals surface area contributed by atoms with E-state index in [0.717, 1.165) is 9.71 Å². The molecule has 0 saturated heterocycles. The van der Waals surface area contributed by atoms with Crippen LogP contribution < -0.4 is 4.31 Å². The standard InChI is InChI=1S/C14H11NO4S2/c1-15-11-6-3-2-5-10(11)12(9-21(15,17)18)19-14(16)13-7-4-8-20-13/h2-9H,1H3. The van der Waals surface area contributed by atoms with Crippen molar-refractivity contribution in [3.05, 3.63) is 57.6 Å². The fourth-order valence-electron chi connectivity index (χ4n) is 2.00. The van der Waals surface area contributed by atoms with Gasteiger partial charge in [0.1, 0.15) is 4.88 Å². The van der Waals surface area contributed by atoms with Crippen LogP contribution in [-0.2, 0) is 14.8 Å². The van der Waals surface area contributed by atoms with Crippen LogP contribution in [0.15, 0.2) is 47.2 Å². The highest BCUT2D eigenvalue weighted by Crippen LogP contribution is 2.35. The number of nitrogens with zero attached hydrogens (tertiary/aromatic N) is 1. The summed E-state index contributed by atoms with van der Waals surface area (Å²) in [7, 11) is -2.18. The average molecular weight is 321 g/mol. The average Bonchev–Trinajstić information content (AvgIpc) is 2.98. The lowest BCUT2D eigenvalue weighted by Gasteiger charge is -2.25. The summed E-state index contributed by atoms with van der Waals surface area (Å²) in [6.45, 7) is 0. The third-order valence-corrected chi connectivity index (χ3v) is 5.39. The molecule has 2 heterocycles. The van der Waals surface area contributed by atoms with Crippen molar-refractivity contribution in [1.29, 1.82) is 0 Å². The number of fused-ring (bicyclic) bond motifs is 1. The van der Waals surface area contributed by atoms with Gasteiger partial charge in [0, 0.05) is 12.6 Å². The van der Waals surface area contributed by atoms with Gasteiger partial charge in [-0.3, -0.25) is 4.31 Å². The molecule has 1 aliphatic heterocycles. The quantitative estimate of drug-likeness (QED) is 0.798. The Hall–Kier alpha value is -2.12. The van der Waals surface area contributed by atoms with E-state index in [0.29, 0.717) is 16.1 Å². The summed E-state index contributed by atoms with van der Waals surface area (Å²) in [5, 5.41) is 2.73. The molecule has 0 saturated carbocycles. The molecule has 0 N–H and O–H groups in total. The van der Waals surface area contributed by atoms with Crippen molar-refractivity contribution in [2.24, 2.45) is 0 Å². The second-order valence-electron chi connectivity index (χ2n) is 4.38. The SMILES string of the molecule is CN1c2ccccc2C(OC(=O)c2cccs2)=CS1(=O)=O. The van der Waals surface area contributed by atoms with Gasteiger partial charge in [-0.05, 0) is 23.6 Å². The molecule has 0 aliphatic carbocycles. The Morgan fingerprint density at radius 2 is 1.95 bits per heavy atom. The lowest BCUT2D eigenvalue weighted by molar-refractivity contribution is 0.0698. The Kier molecular flexibility index (Phi) is 3.30. The molecule has 0 radical (unpaired) electrons. The predicted molar refractivity (Wildman–Crippen MR) is 81.5 cm³/mol. The van der Waals surface area contributed by atoms with Crippen LogP contribution in [-0.4, -0.2) is 21.4 Å². The van der Waals surface area contributed by atoms with E-state index >= 15 is 0 Å². The number of thiophene rings is 1. The summed E-state index contributed by atoms with van der Waals surface area (Å²) in [5.74, 6) is -0.520. The first kappa shape index (κ1) is 13.8. The Balaban J connectivity index is 2.03. The van der Waals surface area contributed by atoms with Gasteiger partial charge in [0.05, 0.1) is 11.1 Å². The largest absolute Gasteiger partial charge is 0.421 e. The molecular weight excluding hydrogens is 310 g/mol. The van der Waals surface area contributed by atoms with Crippen LogP contribution in [0.5, 0.6) is 0 Å². The Morgan fingerprint density at radius 3 is 2.67 bits per heavy atom. The number of sulfonamides is 1. The maximum absolute atomic E-state index is 12.1. The number of hydrogen-bond acceptors (Lipinski definition) is 5. The maximum atomic E-state index is 12.1. The lowest BCUT2D eigenvalue weighted by atomic mass is 10.1. The second-order valence-corrected chi connectivity index (χ2v) is 7.14. The zero-order valence-corrected chi connectivity index (χ0v) is 12.6. The molecule has 1 aliphatic rings. The van der Waals surface area contributed by atoms with Crippen LogP contribution in [0.1, 0.15) is 15.2 Å². The van der Waals surface area contributed by atoms with Gasteiger partial charge < -0.3 is 4.74 Å². The molecular formula is C14H11NO4S2. The molecule has 7 heteroatoms. The molecule has 0 amide bonds. The van der Waals surface area contributed by atoms with Crippen LogP contribution in [0.25, 0.3) is 5.76 Å². The van der Waals surface area contributed by atoms with Crippen LogP contribution >= 0.6 is 11.3 Å². The number of benzene rings is 1. The molecule has 0 spiro atoms. The van der Waals surface area contributed by atoms with E-state index < -0.39 is 16.0 Å². The molecule has 0 atom stereocenters. The number of carbonyl (C=O) groups excluding carboxylic acids is 1. The first-order valence-electron chi connectivity index (χ1n) is 6.05. The number of hydrogen-bond donors (Lipinski definition) is 0. The number of para-hydroxylation sites is 1. The summed E-state index contributed by atoms with van der Waals surface area (Å²) in [6.07, 6.45) is 0. The fraction of sp³-hybridized carbons (Fsp3) is 0.0714. The van der Waals surface area contributed by atoms with Crippen LogP contribution in [0.2, 0.25) is 0 Å². The molecule has 0 fully saturated rings. The van der Waals surface area contributed by atoms with E-state index in [4.69, 9.17) is 4.74 Å². The summed E-state index contributed by atoms with van der Waals surface area (Å²) >= 11 is 1.24. The molecule has 5 nitrogen and oxygen atoms in total. The van der Waals surface area contributed by atoms with Crippen molar-refractivity contribution in [1.82, 2.24) is 0 Å². The molecule has 2 aromatic rings. The van der Waals surface area contributed by atoms with E-state index in [1.165, 1.54) is 18.4 Å². The fourth-order valence-corrected chi connectivity index (χ4v) is 3.63. The van der Waals surface area contributed by atoms with Crippen LogP contribution in [0.4, 0.5) is 5.69 Å². The van der Waals surface area contributed by atoms with Crippen molar-refractivity contribution >= 4 is 38.8 Å². The maximum Gasteiger partial charge on any atom is 0.353 e. The van der Waals surface area contributed by atoms with E-state index in [1.54, 1.807) is 41.8 Å². The molecule has 3 rings (SSSR count). The van der Waals surface area contributed by atoms with Gasteiger partial charge in [-0.25, -0.2) is 13.2 Å². The number of esters is 1. The van der Waals surface area contributed by atoms with Crippen molar-refractivity contribution < 1.29 is 17.9 Å². The van der Waals surface area contributed by atoms with Crippen LogP contribution in [0.3, 0.4) is 0 Å². The van der Waals surface area contributed by atoms with Gasteiger partial charge >= 0.3 is 5.97 Å². The van der Waals surface area contributed by atoms with Gasteiger partial charge in [-0.2, -0.15) is 0 Å².